The van der Waals surface area contributed by atoms with Crippen LogP contribution in [0.25, 0.3) is 11.1 Å². The first kappa shape index (κ1) is 19.7. The van der Waals surface area contributed by atoms with Crippen molar-refractivity contribution in [3.63, 3.8) is 0 Å². The molecule has 0 saturated heterocycles. The van der Waals surface area contributed by atoms with Crippen LogP contribution in [0.2, 0.25) is 0 Å². The van der Waals surface area contributed by atoms with Crippen LogP contribution in [0, 0.1) is 0 Å². The SMILES string of the molecule is CCOCCNC(=O)c1cccc2c1-c1ccc(N)cc1C2COC(=O)NC. The van der Waals surface area contributed by atoms with Crippen LogP contribution in [0.4, 0.5) is 10.5 Å². The average Bonchev–Trinajstić information content (AvgIpc) is 3.01. The smallest absolute Gasteiger partial charge is 0.406 e. The number of rotatable bonds is 7. The number of benzene rings is 2. The Kier molecular flexibility index (Phi) is 6.16. The highest BCUT2D eigenvalue weighted by atomic mass is 16.5. The average molecular weight is 383 g/mol. The molecule has 7 nitrogen and oxygen atoms in total. The third kappa shape index (κ3) is 3.94. The second-order valence-corrected chi connectivity index (χ2v) is 6.47. The minimum atomic E-state index is -0.497. The van der Waals surface area contributed by atoms with Crippen LogP contribution in [-0.4, -0.2) is 45.4 Å². The number of carbonyl (C=O) groups excluding carboxylic acids is 2. The summed E-state index contributed by atoms with van der Waals surface area (Å²) < 4.78 is 10.6. The van der Waals surface area contributed by atoms with Gasteiger partial charge < -0.3 is 25.8 Å². The lowest BCUT2D eigenvalue weighted by atomic mass is 9.96. The molecule has 1 atom stereocenters. The molecule has 0 aromatic heterocycles. The standard InChI is InChI=1S/C21H25N3O4/c1-3-27-10-9-24-20(25)16-6-4-5-14-18(12-28-21(26)23-2)17-11-13(22)7-8-15(17)19(14)16/h4-8,11,18H,3,9-10,12,22H2,1-2H3,(H,23,26)(H,24,25). The van der Waals surface area contributed by atoms with Gasteiger partial charge in [-0.2, -0.15) is 0 Å². The lowest BCUT2D eigenvalue weighted by molar-refractivity contribution is 0.0923. The van der Waals surface area contributed by atoms with Gasteiger partial charge in [-0.25, -0.2) is 4.79 Å². The van der Waals surface area contributed by atoms with Gasteiger partial charge in [0.05, 0.1) is 6.61 Å². The predicted octanol–water partition coefficient (Wildman–Crippen LogP) is 2.50. The van der Waals surface area contributed by atoms with Gasteiger partial charge in [-0.3, -0.25) is 4.79 Å². The van der Waals surface area contributed by atoms with E-state index >= 15 is 0 Å². The van der Waals surface area contributed by atoms with Crippen LogP contribution >= 0.6 is 0 Å². The van der Waals surface area contributed by atoms with E-state index in [2.05, 4.69) is 10.6 Å². The van der Waals surface area contributed by atoms with E-state index in [1.807, 2.05) is 37.3 Å². The minimum Gasteiger partial charge on any atom is -0.449 e. The van der Waals surface area contributed by atoms with E-state index in [1.54, 1.807) is 6.07 Å². The summed E-state index contributed by atoms with van der Waals surface area (Å²) >= 11 is 0. The topological polar surface area (TPSA) is 103 Å². The number of anilines is 1. The number of nitrogen functional groups attached to an aromatic ring is 1. The monoisotopic (exact) mass is 383 g/mol. The highest BCUT2D eigenvalue weighted by Crippen LogP contribution is 2.47. The zero-order chi connectivity index (χ0) is 20.1. The number of amides is 2. The quantitative estimate of drug-likeness (QED) is 0.504. The van der Waals surface area contributed by atoms with Crippen molar-refractivity contribution in [1.29, 1.82) is 0 Å². The van der Waals surface area contributed by atoms with Crippen LogP contribution in [0.1, 0.15) is 34.3 Å². The van der Waals surface area contributed by atoms with Gasteiger partial charge in [-0.15, -0.1) is 0 Å². The van der Waals surface area contributed by atoms with Crippen molar-refractivity contribution in [1.82, 2.24) is 10.6 Å². The molecule has 0 bridgehead atoms. The van der Waals surface area contributed by atoms with Gasteiger partial charge in [0, 0.05) is 37.4 Å². The number of nitrogens with one attached hydrogen (secondary N) is 2. The number of carbonyl (C=O) groups is 2. The summed E-state index contributed by atoms with van der Waals surface area (Å²) in [6, 6.07) is 11.2. The molecule has 28 heavy (non-hydrogen) atoms. The van der Waals surface area contributed by atoms with E-state index in [0.717, 1.165) is 22.3 Å². The van der Waals surface area contributed by atoms with Crippen molar-refractivity contribution < 1.29 is 19.1 Å². The van der Waals surface area contributed by atoms with Gasteiger partial charge in [-0.1, -0.05) is 18.2 Å². The molecule has 0 heterocycles. The highest BCUT2D eigenvalue weighted by Gasteiger charge is 2.32. The second-order valence-electron chi connectivity index (χ2n) is 6.47. The van der Waals surface area contributed by atoms with Crippen molar-refractivity contribution in [2.24, 2.45) is 0 Å². The highest BCUT2D eigenvalue weighted by molar-refractivity contribution is 6.03. The normalized spacial score (nSPS) is 14.1. The van der Waals surface area contributed by atoms with Crippen molar-refractivity contribution >= 4 is 17.7 Å². The predicted molar refractivity (Wildman–Crippen MR) is 107 cm³/mol. The maximum Gasteiger partial charge on any atom is 0.406 e. The Hall–Kier alpha value is -3.06. The number of fused-ring (bicyclic) bond motifs is 3. The molecule has 0 spiro atoms. The van der Waals surface area contributed by atoms with Crippen molar-refractivity contribution in [3.8, 4) is 11.1 Å². The van der Waals surface area contributed by atoms with Crippen molar-refractivity contribution in [2.75, 3.05) is 39.1 Å². The number of hydrogen-bond donors (Lipinski definition) is 3. The fraction of sp³-hybridized carbons (Fsp3) is 0.333. The van der Waals surface area contributed by atoms with Gasteiger partial charge >= 0.3 is 6.09 Å². The Balaban J connectivity index is 1.95. The van der Waals surface area contributed by atoms with E-state index in [9.17, 15) is 9.59 Å². The fourth-order valence-electron chi connectivity index (χ4n) is 3.50. The largest absolute Gasteiger partial charge is 0.449 e. The van der Waals surface area contributed by atoms with Crippen LogP contribution in [0.5, 0.6) is 0 Å². The van der Waals surface area contributed by atoms with E-state index in [0.29, 0.717) is 31.0 Å². The van der Waals surface area contributed by atoms with Gasteiger partial charge in [0.25, 0.3) is 5.91 Å². The molecule has 0 radical (unpaired) electrons. The summed E-state index contributed by atoms with van der Waals surface area (Å²) in [5, 5.41) is 5.35. The van der Waals surface area contributed by atoms with Crippen LogP contribution in [-0.2, 0) is 9.47 Å². The molecular formula is C21H25N3O4. The molecule has 0 aliphatic heterocycles. The summed E-state index contributed by atoms with van der Waals surface area (Å²) in [5.41, 5.74) is 10.9. The number of alkyl carbamates (subject to hydrolysis) is 1. The first-order valence-corrected chi connectivity index (χ1v) is 9.30. The Morgan fingerprint density at radius 3 is 2.75 bits per heavy atom. The minimum absolute atomic E-state index is 0.160. The molecular weight excluding hydrogens is 358 g/mol. The zero-order valence-electron chi connectivity index (χ0n) is 16.1. The fourth-order valence-corrected chi connectivity index (χ4v) is 3.50. The Morgan fingerprint density at radius 2 is 2.00 bits per heavy atom. The third-order valence-electron chi connectivity index (χ3n) is 4.76. The molecule has 2 amide bonds. The maximum absolute atomic E-state index is 12.8. The lowest BCUT2D eigenvalue weighted by Crippen LogP contribution is -2.27. The molecule has 2 aromatic rings. The summed E-state index contributed by atoms with van der Waals surface area (Å²) in [6.07, 6.45) is -0.497. The first-order chi connectivity index (χ1) is 13.6. The van der Waals surface area contributed by atoms with Crippen molar-refractivity contribution in [2.45, 2.75) is 12.8 Å². The van der Waals surface area contributed by atoms with Gasteiger partial charge in [-0.05, 0) is 47.4 Å². The molecule has 1 unspecified atom stereocenters. The molecule has 0 fully saturated rings. The summed E-state index contributed by atoms with van der Waals surface area (Å²) in [7, 11) is 1.52. The molecule has 1 aliphatic rings. The Bertz CT molecular complexity index is 882. The maximum atomic E-state index is 12.8. The first-order valence-electron chi connectivity index (χ1n) is 9.30. The summed E-state index contributed by atoms with van der Waals surface area (Å²) in [6.45, 7) is 3.59. The lowest BCUT2D eigenvalue weighted by Gasteiger charge is -2.14. The molecule has 7 heteroatoms. The van der Waals surface area contributed by atoms with Gasteiger partial charge in [0.2, 0.25) is 0 Å². The molecule has 148 valence electrons. The third-order valence-corrected chi connectivity index (χ3v) is 4.76. The number of hydrogen-bond acceptors (Lipinski definition) is 5. The van der Waals surface area contributed by atoms with Crippen LogP contribution in [0.3, 0.4) is 0 Å². The van der Waals surface area contributed by atoms with E-state index in [4.69, 9.17) is 15.2 Å². The zero-order valence-corrected chi connectivity index (χ0v) is 16.1. The summed E-state index contributed by atoms with van der Waals surface area (Å²) in [5.74, 6) is -0.339. The Morgan fingerprint density at radius 1 is 1.18 bits per heavy atom. The van der Waals surface area contributed by atoms with E-state index < -0.39 is 6.09 Å². The molecule has 4 N–H and O–H groups in total. The van der Waals surface area contributed by atoms with Gasteiger partial charge in [0.15, 0.2) is 0 Å². The number of ether oxygens (including phenoxy) is 2. The second kappa shape index (κ2) is 8.75. The van der Waals surface area contributed by atoms with Gasteiger partial charge in [0.1, 0.15) is 6.61 Å². The molecule has 1 aliphatic carbocycles. The molecule has 3 rings (SSSR count). The van der Waals surface area contributed by atoms with Crippen LogP contribution < -0.4 is 16.4 Å². The Labute approximate surface area is 164 Å². The van der Waals surface area contributed by atoms with Crippen molar-refractivity contribution in [3.05, 3.63) is 53.1 Å². The van der Waals surface area contributed by atoms with Crippen LogP contribution in [0.15, 0.2) is 36.4 Å². The summed E-state index contributed by atoms with van der Waals surface area (Å²) in [4.78, 5) is 24.3. The van der Waals surface area contributed by atoms with E-state index in [1.165, 1.54) is 7.05 Å². The molecule has 2 aromatic carbocycles. The number of nitrogens with two attached hydrogens (primary N) is 1. The molecule has 0 saturated carbocycles. The van der Waals surface area contributed by atoms with E-state index in [-0.39, 0.29) is 18.4 Å².